The number of benzene rings is 1. The lowest BCUT2D eigenvalue weighted by atomic mass is 10.1. The Morgan fingerprint density at radius 3 is 2.85 bits per heavy atom. The highest BCUT2D eigenvalue weighted by Crippen LogP contribution is 2.14. The van der Waals surface area contributed by atoms with Crippen molar-refractivity contribution in [1.29, 1.82) is 5.26 Å². The predicted octanol–water partition coefficient (Wildman–Crippen LogP) is 1.70. The van der Waals surface area contributed by atoms with Crippen LogP contribution in [0.15, 0.2) is 35.3 Å². The van der Waals surface area contributed by atoms with Crippen LogP contribution in [0.5, 0.6) is 0 Å². The fraction of sp³-hybridized carbons (Fsp3) is 0.400. The molecule has 1 heterocycles. The van der Waals surface area contributed by atoms with E-state index in [2.05, 4.69) is 11.1 Å². The molecule has 1 aromatic rings. The Kier molecular flexibility index (Phi) is 4.72. The lowest BCUT2D eigenvalue weighted by Crippen LogP contribution is -2.29. The number of hydrogen-bond acceptors (Lipinski definition) is 3. The molecule has 0 spiro atoms. The van der Waals surface area contributed by atoms with Gasteiger partial charge in [-0.2, -0.15) is 5.26 Å². The highest BCUT2D eigenvalue weighted by molar-refractivity contribution is 5.87. The van der Waals surface area contributed by atoms with Crippen LogP contribution in [0.4, 0.5) is 0 Å². The van der Waals surface area contributed by atoms with Crippen LogP contribution in [-0.2, 0) is 11.2 Å². The van der Waals surface area contributed by atoms with Gasteiger partial charge in [0.2, 0.25) is 0 Å². The minimum Gasteiger partial charge on any atom is -0.480 e. The maximum absolute atomic E-state index is 11.4. The summed E-state index contributed by atoms with van der Waals surface area (Å²) in [5.74, 6) is -0.181. The average Bonchev–Trinajstić information content (AvgIpc) is 2.87. The molecule has 104 valence electrons. The highest BCUT2D eigenvalue weighted by Gasteiger charge is 2.23. The summed E-state index contributed by atoms with van der Waals surface area (Å²) in [4.78, 5) is 17.6. The summed E-state index contributed by atoms with van der Waals surface area (Å²) in [6, 6.07) is 10.8. The van der Waals surface area contributed by atoms with E-state index in [1.54, 1.807) is 0 Å². The van der Waals surface area contributed by atoms with Gasteiger partial charge in [0.15, 0.2) is 6.04 Å². The van der Waals surface area contributed by atoms with Crippen LogP contribution in [0, 0.1) is 11.3 Å². The molecule has 20 heavy (non-hydrogen) atoms. The minimum absolute atomic E-state index is 0.274. The molecule has 5 nitrogen and oxygen atoms in total. The third-order valence-electron chi connectivity index (χ3n) is 3.32. The Bertz CT molecular complexity index is 534. The number of rotatable bonds is 5. The first kappa shape index (κ1) is 14.1. The number of likely N-dealkylation sites (tertiary alicyclic amines) is 1. The van der Waals surface area contributed by atoms with E-state index in [-0.39, 0.29) is 6.54 Å². The van der Waals surface area contributed by atoms with Crippen molar-refractivity contribution in [2.75, 3.05) is 13.1 Å². The van der Waals surface area contributed by atoms with Crippen molar-refractivity contribution >= 4 is 11.8 Å². The molecule has 1 aliphatic heterocycles. The second-order valence-electron chi connectivity index (χ2n) is 4.77. The summed E-state index contributed by atoms with van der Waals surface area (Å²) >= 11 is 0. The largest absolute Gasteiger partial charge is 0.480 e. The number of hydrogen-bond donors (Lipinski definition) is 1. The first-order chi connectivity index (χ1) is 9.70. The second kappa shape index (κ2) is 6.71. The van der Waals surface area contributed by atoms with Gasteiger partial charge in [-0.15, -0.1) is 0 Å². The van der Waals surface area contributed by atoms with Crippen LogP contribution in [-0.4, -0.2) is 40.9 Å². The maximum atomic E-state index is 11.4. The maximum Gasteiger partial charge on any atom is 0.328 e. The molecule has 1 aliphatic rings. The standard InChI is InChI=1S/C15H17N3O2/c16-8-10-18-9-4-7-14(18)17-13(15(19)20)11-12-5-2-1-3-6-12/h1-3,5-6,13H,4,7,9-11H2,(H,19,20). The Hall–Kier alpha value is -2.35. The molecule has 1 atom stereocenters. The zero-order chi connectivity index (χ0) is 14.4. The molecule has 1 N–H and O–H groups in total. The van der Waals surface area contributed by atoms with Gasteiger partial charge in [-0.05, 0) is 12.0 Å². The van der Waals surface area contributed by atoms with E-state index in [1.165, 1.54) is 0 Å². The Morgan fingerprint density at radius 2 is 2.20 bits per heavy atom. The average molecular weight is 271 g/mol. The second-order valence-corrected chi connectivity index (χ2v) is 4.77. The molecule has 0 aliphatic carbocycles. The molecule has 1 aromatic carbocycles. The van der Waals surface area contributed by atoms with Crippen LogP contribution in [0.1, 0.15) is 18.4 Å². The molecule has 0 radical (unpaired) electrons. The molecule has 2 rings (SSSR count). The van der Waals surface area contributed by atoms with Gasteiger partial charge in [-0.1, -0.05) is 30.3 Å². The van der Waals surface area contributed by atoms with Gasteiger partial charge in [-0.3, -0.25) is 4.99 Å². The van der Waals surface area contributed by atoms with E-state index in [9.17, 15) is 9.90 Å². The smallest absolute Gasteiger partial charge is 0.328 e. The van der Waals surface area contributed by atoms with E-state index in [4.69, 9.17) is 5.26 Å². The summed E-state index contributed by atoms with van der Waals surface area (Å²) in [6.07, 6.45) is 2.05. The monoisotopic (exact) mass is 271 g/mol. The number of nitriles is 1. The quantitative estimate of drug-likeness (QED) is 0.827. The number of carboxylic acid groups (broad SMARTS) is 1. The zero-order valence-electron chi connectivity index (χ0n) is 11.2. The van der Waals surface area contributed by atoms with Crippen molar-refractivity contribution in [2.45, 2.75) is 25.3 Å². The van der Waals surface area contributed by atoms with Crippen LogP contribution in [0.25, 0.3) is 0 Å². The van der Waals surface area contributed by atoms with E-state index >= 15 is 0 Å². The van der Waals surface area contributed by atoms with Crippen molar-refractivity contribution in [3.63, 3.8) is 0 Å². The molecule has 0 aromatic heterocycles. The fourth-order valence-corrected chi connectivity index (χ4v) is 2.32. The molecule has 0 amide bonds. The van der Waals surface area contributed by atoms with Crippen LogP contribution in [0.3, 0.4) is 0 Å². The van der Waals surface area contributed by atoms with Gasteiger partial charge in [0.25, 0.3) is 0 Å². The molecule has 0 bridgehead atoms. The zero-order valence-corrected chi connectivity index (χ0v) is 11.2. The first-order valence-corrected chi connectivity index (χ1v) is 6.66. The Morgan fingerprint density at radius 1 is 1.45 bits per heavy atom. The van der Waals surface area contributed by atoms with Crippen LogP contribution in [0.2, 0.25) is 0 Å². The van der Waals surface area contributed by atoms with Crippen LogP contribution >= 0.6 is 0 Å². The molecule has 1 unspecified atom stereocenters. The Balaban J connectivity index is 2.13. The SMILES string of the molecule is N#CCN1CCCC1=NC(Cc1ccccc1)C(=O)O. The summed E-state index contributed by atoms with van der Waals surface area (Å²) in [5, 5.41) is 18.1. The van der Waals surface area contributed by atoms with Gasteiger partial charge in [0.05, 0.1) is 6.07 Å². The Labute approximate surface area is 118 Å². The first-order valence-electron chi connectivity index (χ1n) is 6.66. The molecule has 0 saturated carbocycles. The van der Waals surface area contributed by atoms with Gasteiger partial charge in [0, 0.05) is 19.4 Å². The number of carboxylic acids is 1. The van der Waals surface area contributed by atoms with Gasteiger partial charge >= 0.3 is 5.97 Å². The fourth-order valence-electron chi connectivity index (χ4n) is 2.32. The molecule has 1 fully saturated rings. The van der Waals surface area contributed by atoms with Gasteiger partial charge in [-0.25, -0.2) is 4.79 Å². The lowest BCUT2D eigenvalue weighted by molar-refractivity contribution is -0.138. The lowest BCUT2D eigenvalue weighted by Gasteiger charge is -2.16. The number of aliphatic carboxylic acids is 1. The van der Waals surface area contributed by atoms with Crippen molar-refractivity contribution < 1.29 is 9.90 Å². The molecule has 1 saturated heterocycles. The minimum atomic E-state index is -0.926. The van der Waals surface area contributed by atoms with E-state index in [1.807, 2.05) is 35.2 Å². The van der Waals surface area contributed by atoms with E-state index in [0.29, 0.717) is 6.42 Å². The van der Waals surface area contributed by atoms with Crippen LogP contribution < -0.4 is 0 Å². The predicted molar refractivity (Wildman–Crippen MR) is 75.4 cm³/mol. The summed E-state index contributed by atoms with van der Waals surface area (Å²) in [5.41, 5.74) is 0.953. The van der Waals surface area contributed by atoms with Crippen molar-refractivity contribution in [3.8, 4) is 6.07 Å². The number of aliphatic imine (C=N–C) groups is 1. The molecular weight excluding hydrogens is 254 g/mol. The van der Waals surface area contributed by atoms with Gasteiger partial charge in [0.1, 0.15) is 12.4 Å². The van der Waals surface area contributed by atoms with E-state index < -0.39 is 12.0 Å². The summed E-state index contributed by atoms with van der Waals surface area (Å²) in [6.45, 7) is 1.06. The number of amidine groups is 1. The number of nitrogens with zero attached hydrogens (tertiary/aromatic N) is 3. The van der Waals surface area contributed by atoms with E-state index in [0.717, 1.165) is 30.8 Å². The third kappa shape index (κ3) is 3.58. The molecule has 5 heteroatoms. The normalized spacial score (nSPS) is 17.9. The van der Waals surface area contributed by atoms with Crippen molar-refractivity contribution in [3.05, 3.63) is 35.9 Å². The summed E-state index contributed by atoms with van der Waals surface area (Å²) in [7, 11) is 0. The topological polar surface area (TPSA) is 76.7 Å². The third-order valence-corrected chi connectivity index (χ3v) is 3.32. The highest BCUT2D eigenvalue weighted by atomic mass is 16.4. The number of carbonyl (C=O) groups is 1. The van der Waals surface area contributed by atoms with Crippen molar-refractivity contribution in [1.82, 2.24) is 4.90 Å². The molecular formula is C15H17N3O2. The summed E-state index contributed by atoms with van der Waals surface area (Å²) < 4.78 is 0. The van der Waals surface area contributed by atoms with Crippen molar-refractivity contribution in [2.24, 2.45) is 4.99 Å². The van der Waals surface area contributed by atoms with Gasteiger partial charge < -0.3 is 10.0 Å².